The Morgan fingerprint density at radius 2 is 2.10 bits per heavy atom. The zero-order chi connectivity index (χ0) is 15.5. The lowest BCUT2D eigenvalue weighted by molar-refractivity contribution is -0.139. The minimum Gasteiger partial charge on any atom is -0.481 e. The highest BCUT2D eigenvalue weighted by Gasteiger charge is 2.28. The summed E-state index contributed by atoms with van der Waals surface area (Å²) in [5, 5.41) is 11.7. The van der Waals surface area contributed by atoms with Crippen LogP contribution in [0.15, 0.2) is 0 Å². The maximum absolute atomic E-state index is 12.1. The zero-order valence-corrected chi connectivity index (χ0v) is 13.5. The Bertz CT molecular complexity index is 328. The van der Waals surface area contributed by atoms with Gasteiger partial charge in [0.25, 0.3) is 0 Å². The van der Waals surface area contributed by atoms with Crippen molar-refractivity contribution in [1.82, 2.24) is 10.2 Å². The first-order chi connectivity index (χ1) is 10.1. The Kier molecular flexibility index (Phi) is 9.25. The third-order valence-electron chi connectivity index (χ3n) is 3.45. The van der Waals surface area contributed by atoms with Crippen molar-refractivity contribution in [3.8, 4) is 0 Å². The van der Waals surface area contributed by atoms with Crippen LogP contribution in [0.4, 0.5) is 4.79 Å². The molecule has 1 saturated heterocycles. The van der Waals surface area contributed by atoms with Crippen molar-refractivity contribution >= 4 is 23.8 Å². The number of carboxylic acid groups (broad SMARTS) is 1. The van der Waals surface area contributed by atoms with E-state index >= 15 is 0 Å². The maximum atomic E-state index is 12.1. The fraction of sp³-hybridized carbons (Fsp3) is 0.857. The van der Waals surface area contributed by atoms with Gasteiger partial charge in [0.2, 0.25) is 0 Å². The second-order valence-corrected chi connectivity index (χ2v) is 6.14. The summed E-state index contributed by atoms with van der Waals surface area (Å²) in [5.74, 6) is 0.286. The highest BCUT2D eigenvalue weighted by Crippen LogP contribution is 2.11. The number of nitrogens with one attached hydrogen (secondary N) is 1. The van der Waals surface area contributed by atoms with Crippen LogP contribution in [0.25, 0.3) is 0 Å². The van der Waals surface area contributed by atoms with Crippen molar-refractivity contribution in [2.45, 2.75) is 38.1 Å². The van der Waals surface area contributed by atoms with Crippen molar-refractivity contribution in [2.75, 3.05) is 38.3 Å². The molecule has 1 atom stereocenters. The Morgan fingerprint density at radius 3 is 2.81 bits per heavy atom. The van der Waals surface area contributed by atoms with Crippen LogP contribution in [-0.2, 0) is 9.53 Å². The molecule has 2 N–H and O–H groups in total. The fourth-order valence-corrected chi connectivity index (χ4v) is 2.81. The summed E-state index contributed by atoms with van der Waals surface area (Å²) in [6, 6.07) is -0.536. The SMILES string of the molecule is CSCCCCCCNC(=O)N1CCOCC1CC(=O)O. The molecule has 21 heavy (non-hydrogen) atoms. The van der Waals surface area contributed by atoms with Gasteiger partial charge in [-0.15, -0.1) is 0 Å². The summed E-state index contributed by atoms with van der Waals surface area (Å²) in [4.78, 5) is 24.5. The molecule has 0 bridgehead atoms. The number of carbonyl (C=O) groups excluding carboxylic acids is 1. The molecule has 6 nitrogen and oxygen atoms in total. The standard InChI is InChI=1S/C14H26N2O4S/c1-21-9-5-3-2-4-6-15-14(19)16-7-8-20-11-12(16)10-13(17)18/h12H,2-11H2,1H3,(H,15,19)(H,17,18). The van der Waals surface area contributed by atoms with Crippen LogP contribution in [-0.4, -0.2) is 66.4 Å². The van der Waals surface area contributed by atoms with E-state index in [1.807, 2.05) is 11.8 Å². The van der Waals surface area contributed by atoms with Crippen molar-refractivity contribution in [2.24, 2.45) is 0 Å². The number of unbranched alkanes of at least 4 members (excludes halogenated alkanes) is 3. The third kappa shape index (κ3) is 7.57. The largest absolute Gasteiger partial charge is 0.481 e. The molecule has 0 saturated carbocycles. The zero-order valence-electron chi connectivity index (χ0n) is 12.7. The molecule has 0 aliphatic carbocycles. The van der Waals surface area contributed by atoms with Crippen molar-refractivity contribution < 1.29 is 19.4 Å². The first-order valence-corrected chi connectivity index (χ1v) is 8.87. The van der Waals surface area contributed by atoms with Gasteiger partial charge in [0, 0.05) is 13.1 Å². The molecule has 1 rings (SSSR count). The Hall–Kier alpha value is -0.950. The third-order valence-corrected chi connectivity index (χ3v) is 4.15. The van der Waals surface area contributed by atoms with Gasteiger partial charge in [-0.3, -0.25) is 4.79 Å². The van der Waals surface area contributed by atoms with Gasteiger partial charge in [-0.2, -0.15) is 11.8 Å². The number of carboxylic acids is 1. The first kappa shape index (κ1) is 18.1. The van der Waals surface area contributed by atoms with Crippen LogP contribution < -0.4 is 5.32 Å². The number of ether oxygens (including phenoxy) is 1. The predicted molar refractivity (Wildman–Crippen MR) is 83.8 cm³/mol. The number of rotatable bonds is 9. The van der Waals surface area contributed by atoms with Gasteiger partial charge >= 0.3 is 12.0 Å². The minimum atomic E-state index is -0.905. The van der Waals surface area contributed by atoms with E-state index in [2.05, 4.69) is 11.6 Å². The highest BCUT2D eigenvalue weighted by molar-refractivity contribution is 7.98. The molecule has 0 spiro atoms. The molecule has 122 valence electrons. The topological polar surface area (TPSA) is 78.9 Å². The maximum Gasteiger partial charge on any atom is 0.317 e. The number of urea groups is 1. The van der Waals surface area contributed by atoms with Crippen LogP contribution in [0.5, 0.6) is 0 Å². The van der Waals surface area contributed by atoms with E-state index in [0.29, 0.717) is 26.3 Å². The molecule has 0 radical (unpaired) electrons. The summed E-state index contributed by atoms with van der Waals surface area (Å²) >= 11 is 1.86. The molecule has 0 aromatic heterocycles. The Balaban J connectivity index is 2.21. The number of hydrogen-bond donors (Lipinski definition) is 2. The van der Waals surface area contributed by atoms with E-state index in [-0.39, 0.29) is 18.5 Å². The van der Waals surface area contributed by atoms with Gasteiger partial charge < -0.3 is 20.1 Å². The van der Waals surface area contributed by atoms with E-state index in [1.165, 1.54) is 18.6 Å². The van der Waals surface area contributed by atoms with Crippen LogP contribution in [0.1, 0.15) is 32.1 Å². The molecule has 1 aliphatic heterocycles. The first-order valence-electron chi connectivity index (χ1n) is 7.48. The number of hydrogen-bond acceptors (Lipinski definition) is 4. The Morgan fingerprint density at radius 1 is 1.33 bits per heavy atom. The summed E-state index contributed by atoms with van der Waals surface area (Å²) < 4.78 is 5.26. The van der Waals surface area contributed by atoms with Gasteiger partial charge in [-0.25, -0.2) is 4.79 Å². The van der Waals surface area contributed by atoms with Gasteiger partial charge in [-0.05, 0) is 24.9 Å². The average Bonchev–Trinajstić information content (AvgIpc) is 2.46. The molecule has 1 aliphatic rings. The van der Waals surface area contributed by atoms with Crippen LogP contribution >= 0.6 is 11.8 Å². The van der Waals surface area contributed by atoms with Crippen molar-refractivity contribution in [3.63, 3.8) is 0 Å². The number of thioether (sulfide) groups is 1. The number of nitrogens with zero attached hydrogens (tertiary/aromatic N) is 1. The van der Waals surface area contributed by atoms with Crippen molar-refractivity contribution in [3.05, 3.63) is 0 Å². The average molecular weight is 318 g/mol. The van der Waals surface area contributed by atoms with E-state index in [9.17, 15) is 9.59 Å². The predicted octanol–water partition coefficient (Wildman–Crippen LogP) is 1.79. The number of aliphatic carboxylic acids is 1. The lowest BCUT2D eigenvalue weighted by Gasteiger charge is -2.34. The second kappa shape index (κ2) is 10.7. The Labute approximate surface area is 130 Å². The molecule has 1 unspecified atom stereocenters. The number of morpholine rings is 1. The smallest absolute Gasteiger partial charge is 0.317 e. The van der Waals surface area contributed by atoms with E-state index in [0.717, 1.165) is 12.8 Å². The monoisotopic (exact) mass is 318 g/mol. The number of carbonyl (C=O) groups is 2. The lowest BCUT2D eigenvalue weighted by atomic mass is 10.1. The molecule has 1 fully saturated rings. The lowest BCUT2D eigenvalue weighted by Crippen LogP contribution is -2.53. The summed E-state index contributed by atoms with van der Waals surface area (Å²) in [6.45, 7) is 1.87. The highest BCUT2D eigenvalue weighted by atomic mass is 32.2. The second-order valence-electron chi connectivity index (χ2n) is 5.16. The van der Waals surface area contributed by atoms with Gasteiger partial charge in [0.15, 0.2) is 0 Å². The fourth-order valence-electron chi connectivity index (χ4n) is 2.31. The summed E-state index contributed by atoms with van der Waals surface area (Å²) in [7, 11) is 0. The van der Waals surface area contributed by atoms with Crippen LogP contribution in [0, 0.1) is 0 Å². The van der Waals surface area contributed by atoms with E-state index in [4.69, 9.17) is 9.84 Å². The van der Waals surface area contributed by atoms with Crippen LogP contribution in [0.2, 0.25) is 0 Å². The molecular weight excluding hydrogens is 292 g/mol. The van der Waals surface area contributed by atoms with Gasteiger partial charge in [0.05, 0.1) is 25.7 Å². The van der Waals surface area contributed by atoms with Crippen LogP contribution in [0.3, 0.4) is 0 Å². The molecule has 1 heterocycles. The normalized spacial score (nSPS) is 18.5. The molecule has 0 aromatic carbocycles. The molecule has 0 aromatic rings. The summed E-state index contributed by atoms with van der Waals surface area (Å²) in [6.07, 6.45) is 6.53. The van der Waals surface area contributed by atoms with E-state index in [1.54, 1.807) is 4.90 Å². The molecule has 7 heteroatoms. The number of amides is 2. The summed E-state index contributed by atoms with van der Waals surface area (Å²) in [5.41, 5.74) is 0. The van der Waals surface area contributed by atoms with Gasteiger partial charge in [-0.1, -0.05) is 12.8 Å². The quantitative estimate of drug-likeness (QED) is 0.634. The van der Waals surface area contributed by atoms with Gasteiger partial charge in [0.1, 0.15) is 0 Å². The minimum absolute atomic E-state index is 0.0674. The molecular formula is C14H26N2O4S. The molecule has 2 amide bonds. The van der Waals surface area contributed by atoms with Crippen molar-refractivity contribution in [1.29, 1.82) is 0 Å². The van der Waals surface area contributed by atoms with E-state index < -0.39 is 5.97 Å².